The predicted molar refractivity (Wildman–Crippen MR) is 111 cm³/mol. The fourth-order valence-electron chi connectivity index (χ4n) is 4.12. The molecule has 0 saturated carbocycles. The highest BCUT2D eigenvalue weighted by molar-refractivity contribution is 6.01. The maximum Gasteiger partial charge on any atom is 0.253 e. The van der Waals surface area contributed by atoms with Gasteiger partial charge < -0.3 is 19.6 Å². The molecule has 2 heterocycles. The summed E-state index contributed by atoms with van der Waals surface area (Å²) in [6, 6.07) is 14.3. The summed E-state index contributed by atoms with van der Waals surface area (Å²) in [4.78, 5) is 30.0. The molecule has 1 atom stereocenters. The van der Waals surface area contributed by atoms with Gasteiger partial charge in [0.2, 0.25) is 0 Å². The fourth-order valence-corrected chi connectivity index (χ4v) is 4.12. The van der Waals surface area contributed by atoms with Crippen molar-refractivity contribution in [2.24, 2.45) is 5.92 Å². The van der Waals surface area contributed by atoms with Crippen molar-refractivity contribution >= 4 is 17.4 Å². The first-order chi connectivity index (χ1) is 14.1. The number of benzene rings is 2. The number of carbonyl (C=O) groups excluding carboxylic acids is 2. The SMILES string of the molecule is O=C(c1ccccc1O)C1CCCN(C(=O)c2cccc(N3CCOCC3)c2)C1. The smallest absolute Gasteiger partial charge is 0.253 e. The van der Waals surface area contributed by atoms with Gasteiger partial charge >= 0.3 is 0 Å². The van der Waals surface area contributed by atoms with E-state index in [1.807, 2.05) is 24.3 Å². The standard InChI is InChI=1S/C23H26N2O4/c26-21-9-2-1-8-20(21)22(27)18-6-4-10-25(16-18)23(28)17-5-3-7-19(15-17)24-11-13-29-14-12-24/h1-3,5,7-9,15,18,26H,4,6,10-14,16H2. The van der Waals surface area contributed by atoms with E-state index in [2.05, 4.69) is 4.90 Å². The van der Waals surface area contributed by atoms with E-state index in [1.165, 1.54) is 6.07 Å². The number of morpholine rings is 1. The summed E-state index contributed by atoms with van der Waals surface area (Å²) in [5.41, 5.74) is 2.00. The lowest BCUT2D eigenvalue weighted by atomic mass is 9.89. The highest BCUT2D eigenvalue weighted by atomic mass is 16.5. The lowest BCUT2D eigenvalue weighted by molar-refractivity contribution is 0.0636. The number of phenols is 1. The molecule has 29 heavy (non-hydrogen) atoms. The number of rotatable bonds is 4. The number of para-hydroxylation sites is 1. The molecule has 152 valence electrons. The molecule has 6 heteroatoms. The molecule has 1 amide bonds. The zero-order valence-electron chi connectivity index (χ0n) is 16.4. The number of amides is 1. The lowest BCUT2D eigenvalue weighted by Crippen LogP contribution is -2.42. The van der Waals surface area contributed by atoms with E-state index in [0.717, 1.165) is 31.6 Å². The zero-order chi connectivity index (χ0) is 20.2. The van der Waals surface area contributed by atoms with Crippen LogP contribution in [0, 0.1) is 5.92 Å². The lowest BCUT2D eigenvalue weighted by Gasteiger charge is -2.33. The summed E-state index contributed by atoms with van der Waals surface area (Å²) >= 11 is 0. The van der Waals surface area contributed by atoms with Crippen LogP contribution in [0.1, 0.15) is 33.6 Å². The maximum absolute atomic E-state index is 13.1. The first kappa shape index (κ1) is 19.5. The van der Waals surface area contributed by atoms with Crippen LogP contribution in [0.4, 0.5) is 5.69 Å². The van der Waals surface area contributed by atoms with Crippen LogP contribution in [0.2, 0.25) is 0 Å². The van der Waals surface area contributed by atoms with Crippen LogP contribution < -0.4 is 4.90 Å². The minimum Gasteiger partial charge on any atom is -0.507 e. The molecule has 1 unspecified atom stereocenters. The summed E-state index contributed by atoms with van der Waals surface area (Å²) in [6.07, 6.45) is 1.50. The molecule has 2 fully saturated rings. The van der Waals surface area contributed by atoms with Gasteiger partial charge in [-0.3, -0.25) is 9.59 Å². The number of anilines is 1. The molecular formula is C23H26N2O4. The van der Waals surface area contributed by atoms with E-state index in [9.17, 15) is 14.7 Å². The molecule has 4 rings (SSSR count). The Kier molecular flexibility index (Phi) is 5.81. The van der Waals surface area contributed by atoms with Gasteiger partial charge in [-0.15, -0.1) is 0 Å². The number of hydrogen-bond donors (Lipinski definition) is 1. The van der Waals surface area contributed by atoms with Crippen LogP contribution in [0.25, 0.3) is 0 Å². The van der Waals surface area contributed by atoms with Crippen molar-refractivity contribution < 1.29 is 19.4 Å². The number of likely N-dealkylation sites (tertiary alicyclic amines) is 1. The molecule has 0 radical (unpaired) electrons. The molecule has 6 nitrogen and oxygen atoms in total. The number of piperidine rings is 1. The van der Waals surface area contributed by atoms with Gasteiger partial charge in [-0.05, 0) is 43.2 Å². The topological polar surface area (TPSA) is 70.1 Å². The molecule has 0 aliphatic carbocycles. The third kappa shape index (κ3) is 4.27. The van der Waals surface area contributed by atoms with Crippen LogP contribution in [-0.2, 0) is 4.74 Å². The minimum atomic E-state index is -0.288. The quantitative estimate of drug-likeness (QED) is 0.808. The molecule has 1 N–H and O–H groups in total. The largest absolute Gasteiger partial charge is 0.507 e. The monoisotopic (exact) mass is 394 g/mol. The minimum absolute atomic E-state index is 0.000776. The van der Waals surface area contributed by atoms with Gasteiger partial charge in [0.15, 0.2) is 5.78 Å². The van der Waals surface area contributed by atoms with E-state index in [4.69, 9.17) is 4.74 Å². The molecule has 2 saturated heterocycles. The molecular weight excluding hydrogens is 368 g/mol. The molecule has 0 spiro atoms. The van der Waals surface area contributed by atoms with E-state index < -0.39 is 0 Å². The second-order valence-electron chi connectivity index (χ2n) is 7.62. The van der Waals surface area contributed by atoms with E-state index in [1.54, 1.807) is 23.1 Å². The summed E-state index contributed by atoms with van der Waals surface area (Å²) < 4.78 is 5.41. The second kappa shape index (κ2) is 8.66. The molecule has 2 aliphatic heterocycles. The molecule has 2 aliphatic rings. The third-order valence-corrected chi connectivity index (χ3v) is 5.72. The number of phenolic OH excluding ortho intramolecular Hbond substituents is 1. The van der Waals surface area contributed by atoms with E-state index >= 15 is 0 Å². The number of ether oxygens (including phenoxy) is 1. The summed E-state index contributed by atoms with van der Waals surface area (Å²) in [7, 11) is 0. The van der Waals surface area contributed by atoms with Gasteiger partial charge in [-0.2, -0.15) is 0 Å². The Bertz CT molecular complexity index is 892. The van der Waals surface area contributed by atoms with Crippen molar-refractivity contribution in [3.8, 4) is 5.75 Å². The fraction of sp³-hybridized carbons (Fsp3) is 0.391. The summed E-state index contributed by atoms with van der Waals surface area (Å²) in [6.45, 7) is 4.05. The first-order valence-corrected chi connectivity index (χ1v) is 10.2. The molecule has 0 bridgehead atoms. The Labute approximate surface area is 170 Å². The number of carbonyl (C=O) groups is 2. The number of Topliss-reactive ketones (excluding diaryl/α,β-unsaturated/α-hetero) is 1. The van der Waals surface area contributed by atoms with Crippen LogP contribution >= 0.6 is 0 Å². The van der Waals surface area contributed by atoms with Crippen molar-refractivity contribution in [2.45, 2.75) is 12.8 Å². The van der Waals surface area contributed by atoms with Gasteiger partial charge in [0.05, 0.1) is 18.8 Å². The Morgan fingerprint density at radius 2 is 1.79 bits per heavy atom. The first-order valence-electron chi connectivity index (χ1n) is 10.2. The van der Waals surface area contributed by atoms with Gasteiger partial charge in [0.25, 0.3) is 5.91 Å². The highest BCUT2D eigenvalue weighted by Crippen LogP contribution is 2.27. The van der Waals surface area contributed by atoms with Crippen LogP contribution in [-0.4, -0.2) is 61.1 Å². The highest BCUT2D eigenvalue weighted by Gasteiger charge is 2.30. The van der Waals surface area contributed by atoms with Crippen molar-refractivity contribution in [2.75, 3.05) is 44.3 Å². The molecule has 2 aromatic rings. The zero-order valence-corrected chi connectivity index (χ0v) is 16.4. The van der Waals surface area contributed by atoms with Gasteiger partial charge in [0, 0.05) is 43.3 Å². The van der Waals surface area contributed by atoms with Crippen molar-refractivity contribution in [3.63, 3.8) is 0 Å². The maximum atomic E-state index is 13.1. The van der Waals surface area contributed by atoms with Crippen LogP contribution in [0.15, 0.2) is 48.5 Å². The average Bonchev–Trinajstić information content (AvgIpc) is 2.79. The summed E-state index contributed by atoms with van der Waals surface area (Å²) in [5.74, 6) is -0.430. The van der Waals surface area contributed by atoms with E-state index in [-0.39, 0.29) is 23.4 Å². The van der Waals surface area contributed by atoms with Crippen molar-refractivity contribution in [1.82, 2.24) is 4.90 Å². The number of aromatic hydroxyl groups is 1. The van der Waals surface area contributed by atoms with Crippen molar-refractivity contribution in [3.05, 3.63) is 59.7 Å². The number of ketones is 1. The Morgan fingerprint density at radius 1 is 1.00 bits per heavy atom. The molecule has 2 aromatic carbocycles. The van der Waals surface area contributed by atoms with E-state index in [0.29, 0.717) is 37.4 Å². The van der Waals surface area contributed by atoms with Gasteiger partial charge in [-0.1, -0.05) is 18.2 Å². The number of nitrogens with zero attached hydrogens (tertiary/aromatic N) is 2. The Balaban J connectivity index is 1.47. The van der Waals surface area contributed by atoms with Crippen molar-refractivity contribution in [1.29, 1.82) is 0 Å². The Morgan fingerprint density at radius 3 is 2.59 bits per heavy atom. The van der Waals surface area contributed by atoms with Gasteiger partial charge in [-0.25, -0.2) is 0 Å². The summed E-state index contributed by atoms with van der Waals surface area (Å²) in [5, 5.41) is 10.0. The second-order valence-corrected chi connectivity index (χ2v) is 7.62. The van der Waals surface area contributed by atoms with Crippen LogP contribution in [0.3, 0.4) is 0 Å². The van der Waals surface area contributed by atoms with Crippen LogP contribution in [0.5, 0.6) is 5.75 Å². The predicted octanol–water partition coefficient (Wildman–Crippen LogP) is 2.96. The molecule has 0 aromatic heterocycles. The van der Waals surface area contributed by atoms with Gasteiger partial charge in [0.1, 0.15) is 5.75 Å². The third-order valence-electron chi connectivity index (χ3n) is 5.72. The normalized spacial score (nSPS) is 19.8. The average molecular weight is 394 g/mol. The number of hydrogen-bond acceptors (Lipinski definition) is 5. The Hall–Kier alpha value is -2.86.